The van der Waals surface area contributed by atoms with Crippen molar-refractivity contribution < 1.29 is 18.4 Å². The zero-order valence-electron chi connectivity index (χ0n) is 18.0. The first-order valence-corrected chi connectivity index (χ1v) is 10.2. The number of carbonyl (C=O) groups is 2. The van der Waals surface area contributed by atoms with E-state index in [-0.39, 0.29) is 24.6 Å². The Hall–Kier alpha value is -3.41. The van der Waals surface area contributed by atoms with Crippen molar-refractivity contribution in [2.45, 2.75) is 39.4 Å². The van der Waals surface area contributed by atoms with E-state index in [1.54, 1.807) is 29.4 Å². The minimum absolute atomic E-state index is 0.0501. The summed E-state index contributed by atoms with van der Waals surface area (Å²) in [4.78, 5) is 29.5. The van der Waals surface area contributed by atoms with E-state index in [9.17, 15) is 14.0 Å². The van der Waals surface area contributed by atoms with Gasteiger partial charge in [0.05, 0.1) is 18.4 Å². The van der Waals surface area contributed by atoms with Crippen molar-refractivity contribution >= 4 is 11.8 Å². The highest BCUT2D eigenvalue weighted by atomic mass is 19.1. The van der Waals surface area contributed by atoms with Gasteiger partial charge in [-0.3, -0.25) is 9.59 Å². The van der Waals surface area contributed by atoms with Crippen molar-refractivity contribution in [3.8, 4) is 0 Å². The molecule has 1 heterocycles. The van der Waals surface area contributed by atoms with Crippen LogP contribution in [0, 0.1) is 5.82 Å². The summed E-state index contributed by atoms with van der Waals surface area (Å²) in [7, 11) is 0. The van der Waals surface area contributed by atoms with E-state index >= 15 is 0 Å². The van der Waals surface area contributed by atoms with Gasteiger partial charge in [-0.2, -0.15) is 0 Å². The minimum atomic E-state index is -0.682. The maximum atomic E-state index is 14.3. The van der Waals surface area contributed by atoms with Crippen LogP contribution >= 0.6 is 0 Å². The fourth-order valence-electron chi connectivity index (χ4n) is 3.26. The lowest BCUT2D eigenvalue weighted by Gasteiger charge is -2.36. The smallest absolute Gasteiger partial charge is 0.257 e. The molecule has 0 aliphatic carbocycles. The monoisotopic (exact) mass is 422 g/mol. The standard InChI is InChI=1S/C25H27FN2O3/c1-25(2,3)28(24(30)21-13-7-8-14-22(21)26)18-23(29)27(17-20-12-9-15-31-20)16-19-10-5-4-6-11-19/h4-15H,16-18H2,1-3H3. The molecule has 0 bridgehead atoms. The van der Waals surface area contributed by atoms with Crippen LogP contribution < -0.4 is 0 Å². The molecule has 5 nitrogen and oxygen atoms in total. The van der Waals surface area contributed by atoms with Crippen molar-refractivity contribution in [3.63, 3.8) is 0 Å². The molecule has 3 rings (SSSR count). The summed E-state index contributed by atoms with van der Waals surface area (Å²) in [6, 6.07) is 19.0. The number of hydrogen-bond donors (Lipinski definition) is 0. The number of hydrogen-bond acceptors (Lipinski definition) is 3. The molecule has 0 fully saturated rings. The molecular weight excluding hydrogens is 395 g/mol. The fraction of sp³-hybridized carbons (Fsp3) is 0.280. The molecule has 0 N–H and O–H groups in total. The fourth-order valence-corrected chi connectivity index (χ4v) is 3.26. The summed E-state index contributed by atoms with van der Waals surface area (Å²) in [5.74, 6) is -0.727. The van der Waals surface area contributed by atoms with Crippen LogP contribution in [0.4, 0.5) is 4.39 Å². The van der Waals surface area contributed by atoms with Crippen LogP contribution in [-0.4, -0.2) is 33.7 Å². The molecule has 0 unspecified atom stereocenters. The molecule has 1 aromatic heterocycles. The number of nitrogens with zero attached hydrogens (tertiary/aromatic N) is 2. The second kappa shape index (κ2) is 9.60. The Labute approximate surface area is 182 Å². The third-order valence-corrected chi connectivity index (χ3v) is 4.95. The lowest BCUT2D eigenvalue weighted by molar-refractivity contribution is -0.134. The number of amides is 2. The summed E-state index contributed by atoms with van der Waals surface area (Å²) >= 11 is 0. The van der Waals surface area contributed by atoms with E-state index < -0.39 is 17.3 Å². The van der Waals surface area contributed by atoms with Gasteiger partial charge >= 0.3 is 0 Å². The van der Waals surface area contributed by atoms with Gasteiger partial charge in [0.2, 0.25) is 5.91 Å². The van der Waals surface area contributed by atoms with E-state index in [4.69, 9.17) is 4.42 Å². The summed E-state index contributed by atoms with van der Waals surface area (Å²) in [5.41, 5.74) is 0.231. The zero-order chi connectivity index (χ0) is 22.4. The third-order valence-electron chi connectivity index (χ3n) is 4.95. The van der Waals surface area contributed by atoms with Gasteiger partial charge in [0.15, 0.2) is 0 Å². The molecule has 6 heteroatoms. The van der Waals surface area contributed by atoms with Gasteiger partial charge in [-0.05, 0) is 50.6 Å². The molecule has 0 saturated heterocycles. The second-order valence-corrected chi connectivity index (χ2v) is 8.36. The number of furan rings is 1. The average Bonchev–Trinajstić information content (AvgIpc) is 3.24. The van der Waals surface area contributed by atoms with Crippen LogP contribution in [-0.2, 0) is 17.9 Å². The van der Waals surface area contributed by atoms with Crippen LogP contribution in [0.1, 0.15) is 42.5 Å². The van der Waals surface area contributed by atoms with Crippen LogP contribution in [0.3, 0.4) is 0 Å². The van der Waals surface area contributed by atoms with Crippen LogP contribution in [0.2, 0.25) is 0 Å². The maximum absolute atomic E-state index is 14.3. The van der Waals surface area contributed by atoms with Gasteiger partial charge in [-0.1, -0.05) is 42.5 Å². The Kier molecular flexibility index (Phi) is 6.90. The van der Waals surface area contributed by atoms with Crippen LogP contribution in [0.5, 0.6) is 0 Å². The van der Waals surface area contributed by atoms with Gasteiger partial charge in [-0.25, -0.2) is 4.39 Å². The van der Waals surface area contributed by atoms with Gasteiger partial charge in [0, 0.05) is 12.1 Å². The second-order valence-electron chi connectivity index (χ2n) is 8.36. The predicted molar refractivity (Wildman–Crippen MR) is 117 cm³/mol. The summed E-state index contributed by atoms with van der Waals surface area (Å²) in [5, 5.41) is 0. The maximum Gasteiger partial charge on any atom is 0.257 e. The van der Waals surface area contributed by atoms with E-state index in [1.165, 1.54) is 23.1 Å². The van der Waals surface area contributed by atoms with Crippen molar-refractivity contribution in [2.24, 2.45) is 0 Å². The third kappa shape index (κ3) is 5.81. The Bertz CT molecular complexity index is 1010. The molecule has 2 aromatic carbocycles. The Morgan fingerprint density at radius 3 is 2.19 bits per heavy atom. The molecule has 0 saturated carbocycles. The first-order valence-electron chi connectivity index (χ1n) is 10.2. The summed E-state index contributed by atoms with van der Waals surface area (Å²) in [6.07, 6.45) is 1.56. The normalized spacial score (nSPS) is 11.2. The SMILES string of the molecule is CC(C)(C)N(CC(=O)N(Cc1ccccc1)Cc1ccco1)C(=O)c1ccccc1F. The lowest BCUT2D eigenvalue weighted by atomic mass is 10.0. The van der Waals surface area contributed by atoms with E-state index in [0.717, 1.165) is 5.56 Å². The number of carbonyl (C=O) groups excluding carboxylic acids is 2. The average molecular weight is 423 g/mol. The molecule has 31 heavy (non-hydrogen) atoms. The molecule has 162 valence electrons. The highest BCUT2D eigenvalue weighted by molar-refractivity contribution is 5.97. The Morgan fingerprint density at radius 1 is 0.903 bits per heavy atom. The number of halogens is 1. The largest absolute Gasteiger partial charge is 0.467 e. The topological polar surface area (TPSA) is 53.8 Å². The lowest BCUT2D eigenvalue weighted by Crippen LogP contribution is -2.51. The Morgan fingerprint density at radius 2 is 1.58 bits per heavy atom. The van der Waals surface area contributed by atoms with Crippen molar-refractivity contribution in [2.75, 3.05) is 6.54 Å². The molecule has 0 radical (unpaired) electrons. The van der Waals surface area contributed by atoms with Gasteiger partial charge in [-0.15, -0.1) is 0 Å². The molecule has 0 aliphatic heterocycles. The van der Waals surface area contributed by atoms with Crippen molar-refractivity contribution in [1.29, 1.82) is 0 Å². The molecule has 0 atom stereocenters. The van der Waals surface area contributed by atoms with Crippen LogP contribution in [0.25, 0.3) is 0 Å². The highest BCUT2D eigenvalue weighted by Gasteiger charge is 2.32. The molecule has 0 aliphatic rings. The van der Waals surface area contributed by atoms with Gasteiger partial charge in [0.25, 0.3) is 5.91 Å². The van der Waals surface area contributed by atoms with Gasteiger partial charge < -0.3 is 14.2 Å². The van der Waals surface area contributed by atoms with E-state index in [0.29, 0.717) is 12.3 Å². The first kappa shape index (κ1) is 22.3. The van der Waals surface area contributed by atoms with Crippen molar-refractivity contribution in [1.82, 2.24) is 9.80 Å². The van der Waals surface area contributed by atoms with Crippen LogP contribution in [0.15, 0.2) is 77.4 Å². The minimum Gasteiger partial charge on any atom is -0.467 e. The van der Waals surface area contributed by atoms with Gasteiger partial charge in [0.1, 0.15) is 18.1 Å². The molecule has 2 amide bonds. The van der Waals surface area contributed by atoms with E-state index in [1.807, 2.05) is 51.1 Å². The molecule has 0 spiro atoms. The number of rotatable bonds is 7. The van der Waals surface area contributed by atoms with Crippen molar-refractivity contribution in [3.05, 3.63) is 95.7 Å². The summed E-state index contributed by atoms with van der Waals surface area (Å²) < 4.78 is 19.7. The quantitative estimate of drug-likeness (QED) is 0.545. The predicted octanol–water partition coefficient (Wildman–Crippen LogP) is 4.89. The highest BCUT2D eigenvalue weighted by Crippen LogP contribution is 2.20. The molecule has 3 aromatic rings. The van der Waals surface area contributed by atoms with E-state index in [2.05, 4.69) is 0 Å². The Balaban J connectivity index is 1.85. The number of benzene rings is 2. The first-order chi connectivity index (χ1) is 14.8. The molecular formula is C25H27FN2O3. The zero-order valence-corrected chi connectivity index (χ0v) is 18.0. The summed E-state index contributed by atoms with van der Waals surface area (Å²) in [6.45, 7) is 5.94.